The molecule has 138 valence electrons. The molecule has 0 radical (unpaired) electrons. The molecule has 0 bridgehead atoms. The monoisotopic (exact) mass is 418 g/mol. The molecule has 0 saturated carbocycles. The van der Waals surface area contributed by atoms with Crippen LogP contribution in [0.15, 0.2) is 57.6 Å². The predicted octanol–water partition coefficient (Wildman–Crippen LogP) is 5.91. The first-order valence-corrected chi connectivity index (χ1v) is 9.49. The molecule has 0 aliphatic carbocycles. The van der Waals surface area contributed by atoms with Crippen molar-refractivity contribution < 1.29 is 18.7 Å². The van der Waals surface area contributed by atoms with Crippen LogP contribution in [0.3, 0.4) is 0 Å². The number of benzene rings is 2. The van der Waals surface area contributed by atoms with Gasteiger partial charge in [0.25, 0.3) is 0 Å². The number of ether oxygens (including phenoxy) is 2. The van der Waals surface area contributed by atoms with E-state index < -0.39 is 0 Å². The van der Waals surface area contributed by atoms with Crippen molar-refractivity contribution in [2.45, 2.75) is 33.8 Å². The molecule has 3 rings (SSSR count). The Labute approximate surface area is 162 Å². The van der Waals surface area contributed by atoms with E-state index in [1.54, 1.807) is 13.2 Å². The number of fused-ring (bicyclic) bond motifs is 1. The summed E-state index contributed by atoms with van der Waals surface area (Å²) < 4.78 is 17.4. The summed E-state index contributed by atoms with van der Waals surface area (Å²) in [6.07, 6.45) is 1.89. The van der Waals surface area contributed by atoms with Gasteiger partial charge in [-0.25, -0.2) is 0 Å². The van der Waals surface area contributed by atoms with Gasteiger partial charge in [-0.2, -0.15) is 0 Å². The highest BCUT2D eigenvalue weighted by atomic mass is 79.9. The van der Waals surface area contributed by atoms with Crippen LogP contribution in [0.1, 0.15) is 31.9 Å². The molecule has 5 heteroatoms. The van der Waals surface area contributed by atoms with Gasteiger partial charge < -0.3 is 13.9 Å². The van der Waals surface area contributed by atoms with Crippen LogP contribution >= 0.6 is 15.9 Å². The lowest BCUT2D eigenvalue weighted by molar-refractivity contribution is -0.142. The van der Waals surface area contributed by atoms with E-state index >= 15 is 0 Å². The fraction of sp³-hybridized carbons (Fsp3) is 0.286. The number of hydrogen-bond acceptors (Lipinski definition) is 4. The van der Waals surface area contributed by atoms with Gasteiger partial charge in [0.1, 0.15) is 17.9 Å². The van der Waals surface area contributed by atoms with Gasteiger partial charge in [0, 0.05) is 16.5 Å². The Morgan fingerprint density at radius 3 is 2.62 bits per heavy atom. The van der Waals surface area contributed by atoms with Crippen molar-refractivity contribution >= 4 is 32.9 Å². The van der Waals surface area contributed by atoms with Gasteiger partial charge in [0.2, 0.25) is 0 Å². The number of carbonyl (C=O) groups is 1. The van der Waals surface area contributed by atoms with Gasteiger partial charge in [-0.05, 0) is 35.0 Å². The first kappa shape index (κ1) is 20.0. The zero-order valence-electron chi connectivity index (χ0n) is 15.3. The van der Waals surface area contributed by atoms with E-state index in [9.17, 15) is 4.79 Å². The number of hydrogen-bond donors (Lipinski definition) is 0. The van der Waals surface area contributed by atoms with E-state index in [2.05, 4.69) is 15.9 Å². The minimum atomic E-state index is -0.258. The Morgan fingerprint density at radius 1 is 1.08 bits per heavy atom. The number of esters is 1. The second-order valence-electron chi connectivity index (χ2n) is 5.26. The topological polar surface area (TPSA) is 48.7 Å². The smallest absolute Gasteiger partial charge is 0.310 e. The van der Waals surface area contributed by atoms with Gasteiger partial charge in [-0.1, -0.05) is 44.2 Å². The SMILES string of the molecule is CC.CCOC(=O)Cc1ccccc1OCc1coc2c(Br)cccc12. The largest absolute Gasteiger partial charge is 0.488 e. The summed E-state index contributed by atoms with van der Waals surface area (Å²) in [5.41, 5.74) is 2.57. The van der Waals surface area contributed by atoms with E-state index in [0.717, 1.165) is 26.6 Å². The average molecular weight is 419 g/mol. The molecule has 0 N–H and O–H groups in total. The summed E-state index contributed by atoms with van der Waals surface area (Å²) in [5, 5.41) is 1.01. The lowest BCUT2D eigenvalue weighted by Gasteiger charge is -2.10. The molecular weight excluding hydrogens is 396 g/mol. The van der Waals surface area contributed by atoms with Crippen molar-refractivity contribution in [3.05, 3.63) is 64.3 Å². The minimum absolute atomic E-state index is 0.196. The molecule has 0 unspecified atom stereocenters. The highest BCUT2D eigenvalue weighted by Crippen LogP contribution is 2.29. The van der Waals surface area contributed by atoms with E-state index in [4.69, 9.17) is 13.9 Å². The maximum Gasteiger partial charge on any atom is 0.310 e. The van der Waals surface area contributed by atoms with Crippen molar-refractivity contribution in [2.75, 3.05) is 6.61 Å². The zero-order chi connectivity index (χ0) is 18.9. The normalized spacial score (nSPS) is 10.2. The van der Waals surface area contributed by atoms with Gasteiger partial charge in [-0.3, -0.25) is 4.79 Å². The fourth-order valence-electron chi connectivity index (χ4n) is 2.50. The third-order valence-electron chi connectivity index (χ3n) is 3.63. The summed E-state index contributed by atoms with van der Waals surface area (Å²) in [7, 11) is 0. The van der Waals surface area contributed by atoms with Crippen molar-refractivity contribution in [3.8, 4) is 5.75 Å². The van der Waals surface area contributed by atoms with Gasteiger partial charge in [0.05, 0.1) is 23.8 Å². The summed E-state index contributed by atoms with van der Waals surface area (Å²) in [4.78, 5) is 11.7. The maximum atomic E-state index is 11.7. The summed E-state index contributed by atoms with van der Waals surface area (Å²) in [5.74, 6) is 0.418. The Morgan fingerprint density at radius 2 is 1.85 bits per heavy atom. The third-order valence-corrected chi connectivity index (χ3v) is 4.25. The second-order valence-corrected chi connectivity index (χ2v) is 6.11. The van der Waals surface area contributed by atoms with Crippen LogP contribution in [0, 0.1) is 0 Å². The number of furan rings is 1. The number of rotatable bonds is 6. The van der Waals surface area contributed by atoms with Gasteiger partial charge in [-0.15, -0.1) is 0 Å². The van der Waals surface area contributed by atoms with E-state index in [1.807, 2.05) is 56.3 Å². The molecule has 0 saturated heterocycles. The first-order valence-electron chi connectivity index (χ1n) is 8.70. The first-order chi connectivity index (χ1) is 12.7. The maximum absolute atomic E-state index is 11.7. The highest BCUT2D eigenvalue weighted by Gasteiger charge is 2.12. The standard InChI is InChI=1S/C19H17BrO4.C2H6/c1-2-22-18(21)10-13-6-3-4-9-17(13)23-11-14-12-24-19-15(14)7-5-8-16(19)20;1-2/h3-9,12H,2,10-11H2,1H3;1-2H3. The average Bonchev–Trinajstić information content (AvgIpc) is 3.07. The summed E-state index contributed by atoms with van der Waals surface area (Å²) >= 11 is 3.47. The van der Waals surface area contributed by atoms with Gasteiger partial charge >= 0.3 is 5.97 Å². The van der Waals surface area contributed by atoms with E-state index in [1.165, 1.54) is 0 Å². The second kappa shape index (κ2) is 10.0. The zero-order valence-corrected chi connectivity index (χ0v) is 16.8. The molecule has 0 fully saturated rings. The molecule has 4 nitrogen and oxygen atoms in total. The Bertz CT molecular complexity index is 854. The Kier molecular flexibility index (Phi) is 7.73. The third kappa shape index (κ3) is 4.88. The van der Waals surface area contributed by atoms with Gasteiger partial charge in [0.15, 0.2) is 0 Å². The van der Waals surface area contributed by atoms with E-state index in [-0.39, 0.29) is 12.4 Å². The molecule has 3 aromatic rings. The van der Waals surface area contributed by atoms with Crippen LogP contribution < -0.4 is 4.74 Å². The molecule has 0 aliphatic rings. The van der Waals surface area contributed by atoms with Crippen LogP contribution in [0.4, 0.5) is 0 Å². The summed E-state index contributed by atoms with van der Waals surface area (Å²) in [6, 6.07) is 13.4. The van der Waals surface area contributed by atoms with Crippen molar-refractivity contribution in [2.24, 2.45) is 0 Å². The predicted molar refractivity (Wildman–Crippen MR) is 106 cm³/mol. The van der Waals surface area contributed by atoms with Crippen LogP contribution in [0.5, 0.6) is 5.75 Å². The molecule has 1 heterocycles. The summed E-state index contributed by atoms with van der Waals surface area (Å²) in [6.45, 7) is 6.53. The molecule has 0 aliphatic heterocycles. The minimum Gasteiger partial charge on any atom is -0.488 e. The molecule has 0 amide bonds. The Hall–Kier alpha value is -2.27. The van der Waals surface area contributed by atoms with Crippen molar-refractivity contribution in [3.63, 3.8) is 0 Å². The quantitative estimate of drug-likeness (QED) is 0.467. The van der Waals surface area contributed by atoms with Crippen molar-refractivity contribution in [1.82, 2.24) is 0 Å². The van der Waals surface area contributed by atoms with Crippen LogP contribution in [0.25, 0.3) is 11.0 Å². The number of para-hydroxylation sites is 2. The van der Waals surface area contributed by atoms with Crippen LogP contribution in [0.2, 0.25) is 0 Å². The molecule has 0 atom stereocenters. The molecule has 0 spiro atoms. The van der Waals surface area contributed by atoms with Crippen LogP contribution in [-0.2, 0) is 22.6 Å². The van der Waals surface area contributed by atoms with Crippen molar-refractivity contribution in [1.29, 1.82) is 0 Å². The number of halogens is 1. The lowest BCUT2D eigenvalue weighted by atomic mass is 10.1. The number of carbonyl (C=O) groups excluding carboxylic acids is 1. The Balaban J connectivity index is 0.00000117. The van der Waals surface area contributed by atoms with E-state index in [0.29, 0.717) is 19.0 Å². The molecular formula is C21H23BrO4. The van der Waals surface area contributed by atoms with Crippen LogP contribution in [-0.4, -0.2) is 12.6 Å². The fourth-order valence-corrected chi connectivity index (χ4v) is 2.96. The molecule has 2 aromatic carbocycles. The molecule has 26 heavy (non-hydrogen) atoms. The lowest BCUT2D eigenvalue weighted by Crippen LogP contribution is -2.09. The highest BCUT2D eigenvalue weighted by molar-refractivity contribution is 9.10. The molecule has 1 aromatic heterocycles.